The van der Waals surface area contributed by atoms with Gasteiger partial charge in [0.1, 0.15) is 0 Å². The zero-order valence-electron chi connectivity index (χ0n) is 10.2. The lowest BCUT2D eigenvalue weighted by Gasteiger charge is -2.28. The summed E-state index contributed by atoms with van der Waals surface area (Å²) in [7, 11) is -3.45. The molecule has 0 unspecified atom stereocenters. The van der Waals surface area contributed by atoms with Crippen LogP contribution in [0.15, 0.2) is 60.7 Å². The van der Waals surface area contributed by atoms with E-state index < -0.39 is 15.7 Å². The van der Waals surface area contributed by atoms with Crippen molar-refractivity contribution in [1.29, 1.82) is 0 Å². The summed E-state index contributed by atoms with van der Waals surface area (Å²) in [6.45, 7) is 0.309. The minimum absolute atomic E-state index is 0.309. The van der Waals surface area contributed by atoms with Crippen molar-refractivity contribution in [2.45, 2.75) is 5.54 Å². The Bertz CT molecular complexity index is 630. The lowest BCUT2D eigenvalue weighted by Crippen LogP contribution is -2.41. The summed E-state index contributed by atoms with van der Waals surface area (Å²) in [5.41, 5.74) is 1.12. The van der Waals surface area contributed by atoms with E-state index in [-0.39, 0.29) is 0 Å². The second-order valence-corrected chi connectivity index (χ2v) is 6.06. The fourth-order valence-corrected chi connectivity index (χ4v) is 3.68. The van der Waals surface area contributed by atoms with E-state index in [4.69, 9.17) is 0 Å². The molecular weight excluding hydrogens is 260 g/mol. The molecule has 5 heteroatoms. The van der Waals surface area contributed by atoms with Gasteiger partial charge in [-0.15, -0.1) is 0 Å². The number of nitrogens with one attached hydrogen (secondary N) is 2. The molecule has 0 bridgehead atoms. The third-order valence-electron chi connectivity index (χ3n) is 3.37. The molecule has 19 heavy (non-hydrogen) atoms. The van der Waals surface area contributed by atoms with Crippen LogP contribution < -0.4 is 9.44 Å². The van der Waals surface area contributed by atoms with Gasteiger partial charge in [-0.1, -0.05) is 60.7 Å². The summed E-state index contributed by atoms with van der Waals surface area (Å²) in [6, 6.07) is 19.2. The van der Waals surface area contributed by atoms with Crippen molar-refractivity contribution in [3.05, 3.63) is 71.8 Å². The minimum Gasteiger partial charge on any atom is -0.200 e. The molecule has 0 amide bonds. The molecule has 3 rings (SSSR count). The van der Waals surface area contributed by atoms with Crippen LogP contribution in [-0.2, 0) is 15.7 Å². The minimum atomic E-state index is -3.45. The van der Waals surface area contributed by atoms with Crippen LogP contribution >= 0.6 is 0 Å². The van der Waals surface area contributed by atoms with Gasteiger partial charge in [-0.05, 0) is 11.1 Å². The molecule has 1 aliphatic rings. The van der Waals surface area contributed by atoms with Gasteiger partial charge < -0.3 is 0 Å². The van der Waals surface area contributed by atoms with E-state index in [1.54, 1.807) is 0 Å². The molecular formula is C14H14N2O2S. The fourth-order valence-electron chi connectivity index (χ4n) is 2.44. The summed E-state index contributed by atoms with van der Waals surface area (Å²) in [6.07, 6.45) is 0. The summed E-state index contributed by atoms with van der Waals surface area (Å²) in [4.78, 5) is 0. The SMILES string of the molecule is O=S1(=O)NCC(c2ccccc2)(c2ccccc2)N1. The molecule has 4 nitrogen and oxygen atoms in total. The van der Waals surface area contributed by atoms with Crippen LogP contribution in [0.1, 0.15) is 11.1 Å². The summed E-state index contributed by atoms with van der Waals surface area (Å²) in [5.74, 6) is 0. The van der Waals surface area contributed by atoms with E-state index in [0.29, 0.717) is 6.54 Å². The van der Waals surface area contributed by atoms with Crippen LogP contribution in [0.3, 0.4) is 0 Å². The Hall–Kier alpha value is -1.69. The Morgan fingerprint density at radius 1 is 0.842 bits per heavy atom. The average Bonchev–Trinajstić information content (AvgIpc) is 2.78. The molecule has 0 atom stereocenters. The Morgan fingerprint density at radius 2 is 1.32 bits per heavy atom. The first-order valence-corrected chi connectivity index (χ1v) is 7.50. The normalized spacial score (nSPS) is 20.2. The molecule has 0 aromatic heterocycles. The van der Waals surface area contributed by atoms with Gasteiger partial charge in [-0.3, -0.25) is 0 Å². The van der Waals surface area contributed by atoms with E-state index in [1.807, 2.05) is 60.7 Å². The topological polar surface area (TPSA) is 58.2 Å². The molecule has 2 aromatic rings. The smallest absolute Gasteiger partial charge is 0.200 e. The van der Waals surface area contributed by atoms with Crippen molar-refractivity contribution in [2.24, 2.45) is 0 Å². The van der Waals surface area contributed by atoms with E-state index in [9.17, 15) is 8.42 Å². The van der Waals surface area contributed by atoms with E-state index in [1.165, 1.54) is 0 Å². The van der Waals surface area contributed by atoms with Crippen molar-refractivity contribution < 1.29 is 8.42 Å². The zero-order chi connectivity index (χ0) is 13.3. The standard InChI is InChI=1S/C14H14N2O2S/c17-19(18)15-11-14(16-19,12-7-3-1-4-8-12)13-9-5-2-6-10-13/h1-10,15-16H,11H2. The predicted octanol–water partition coefficient (Wildman–Crippen LogP) is 1.37. The van der Waals surface area contributed by atoms with Gasteiger partial charge in [0, 0.05) is 6.54 Å². The first-order chi connectivity index (χ1) is 9.12. The predicted molar refractivity (Wildman–Crippen MR) is 73.7 cm³/mol. The van der Waals surface area contributed by atoms with Crippen LogP contribution in [0, 0.1) is 0 Å². The first kappa shape index (κ1) is 12.3. The molecule has 0 radical (unpaired) electrons. The lowest BCUT2D eigenvalue weighted by atomic mass is 9.84. The summed E-state index contributed by atoms with van der Waals surface area (Å²) < 4.78 is 28.8. The number of rotatable bonds is 2. The van der Waals surface area contributed by atoms with Crippen molar-refractivity contribution in [3.63, 3.8) is 0 Å². The first-order valence-electron chi connectivity index (χ1n) is 6.02. The second-order valence-electron chi connectivity index (χ2n) is 4.56. The van der Waals surface area contributed by atoms with Crippen LogP contribution in [0.25, 0.3) is 0 Å². The average molecular weight is 274 g/mol. The van der Waals surface area contributed by atoms with Gasteiger partial charge in [-0.2, -0.15) is 17.9 Å². The van der Waals surface area contributed by atoms with Crippen molar-refractivity contribution >= 4 is 10.2 Å². The molecule has 0 spiro atoms. The van der Waals surface area contributed by atoms with Gasteiger partial charge >= 0.3 is 0 Å². The largest absolute Gasteiger partial charge is 0.278 e. The fraction of sp³-hybridized carbons (Fsp3) is 0.143. The second kappa shape index (κ2) is 4.45. The van der Waals surface area contributed by atoms with Crippen LogP contribution in [0.4, 0.5) is 0 Å². The molecule has 98 valence electrons. The zero-order valence-corrected chi connectivity index (χ0v) is 11.0. The summed E-state index contributed by atoms with van der Waals surface area (Å²) >= 11 is 0. The van der Waals surface area contributed by atoms with Crippen molar-refractivity contribution in [1.82, 2.24) is 9.44 Å². The highest BCUT2D eigenvalue weighted by molar-refractivity contribution is 7.87. The van der Waals surface area contributed by atoms with E-state index in [2.05, 4.69) is 9.44 Å². The molecule has 2 aromatic carbocycles. The third kappa shape index (κ3) is 2.16. The lowest BCUT2D eigenvalue weighted by molar-refractivity contribution is 0.518. The summed E-state index contributed by atoms with van der Waals surface area (Å²) in [5, 5.41) is 0. The molecule has 0 aliphatic carbocycles. The number of benzene rings is 2. The highest BCUT2D eigenvalue weighted by Crippen LogP contribution is 2.32. The van der Waals surface area contributed by atoms with E-state index in [0.717, 1.165) is 11.1 Å². The molecule has 1 heterocycles. The maximum Gasteiger partial charge on any atom is 0.278 e. The Morgan fingerprint density at radius 3 is 1.68 bits per heavy atom. The van der Waals surface area contributed by atoms with Gasteiger partial charge in [0.2, 0.25) is 0 Å². The maximum atomic E-state index is 11.8. The maximum absolute atomic E-state index is 11.8. The highest BCUT2D eigenvalue weighted by Gasteiger charge is 2.43. The Labute approximate surface area is 112 Å². The van der Waals surface area contributed by atoms with Crippen LogP contribution in [0.2, 0.25) is 0 Å². The van der Waals surface area contributed by atoms with Gasteiger partial charge in [0.25, 0.3) is 10.2 Å². The van der Waals surface area contributed by atoms with Crippen LogP contribution in [-0.4, -0.2) is 15.0 Å². The van der Waals surface area contributed by atoms with Gasteiger partial charge in [0.05, 0.1) is 5.54 Å². The number of hydrogen-bond acceptors (Lipinski definition) is 2. The Balaban J connectivity index is 2.18. The van der Waals surface area contributed by atoms with Gasteiger partial charge in [0.15, 0.2) is 0 Å². The number of hydrogen-bond donors (Lipinski definition) is 2. The van der Waals surface area contributed by atoms with Crippen molar-refractivity contribution in [2.75, 3.05) is 6.54 Å². The van der Waals surface area contributed by atoms with Crippen LogP contribution in [0.5, 0.6) is 0 Å². The third-order valence-corrected chi connectivity index (χ3v) is 4.51. The monoisotopic (exact) mass is 274 g/mol. The molecule has 1 saturated heterocycles. The molecule has 2 N–H and O–H groups in total. The Kier molecular flexibility index (Phi) is 2.89. The molecule has 0 saturated carbocycles. The quantitative estimate of drug-likeness (QED) is 0.869. The van der Waals surface area contributed by atoms with Gasteiger partial charge in [-0.25, -0.2) is 0 Å². The van der Waals surface area contributed by atoms with E-state index >= 15 is 0 Å². The highest BCUT2D eigenvalue weighted by atomic mass is 32.2. The molecule has 1 aliphatic heterocycles. The molecule has 1 fully saturated rings. The van der Waals surface area contributed by atoms with Crippen molar-refractivity contribution in [3.8, 4) is 0 Å².